The van der Waals surface area contributed by atoms with Crippen LogP contribution in [0, 0.1) is 5.92 Å². The molecule has 0 radical (unpaired) electrons. The van der Waals surface area contributed by atoms with E-state index >= 15 is 0 Å². The number of nitrogens with one attached hydrogen (secondary N) is 1. The summed E-state index contributed by atoms with van der Waals surface area (Å²) in [5, 5.41) is 2.80. The average Bonchev–Trinajstić information content (AvgIpc) is 2.94. The maximum atomic E-state index is 12.6. The number of sulfone groups is 1. The number of hydrogen-bond acceptors (Lipinski definition) is 5. The Morgan fingerprint density at radius 1 is 1.08 bits per heavy atom. The molecule has 7 nitrogen and oxygen atoms in total. The van der Waals surface area contributed by atoms with Crippen LogP contribution in [0.15, 0.2) is 35.2 Å². The summed E-state index contributed by atoms with van der Waals surface area (Å²) in [4.78, 5) is 12.6. The van der Waals surface area contributed by atoms with Crippen LogP contribution in [0.1, 0.15) is 19.3 Å². The van der Waals surface area contributed by atoms with Crippen molar-refractivity contribution in [3.8, 4) is 0 Å². The van der Waals surface area contributed by atoms with Crippen molar-refractivity contribution in [2.45, 2.75) is 30.2 Å². The molecule has 2 aliphatic heterocycles. The van der Waals surface area contributed by atoms with Crippen LogP contribution in [0.25, 0.3) is 0 Å². The van der Waals surface area contributed by atoms with Gasteiger partial charge in [-0.25, -0.2) is 16.8 Å². The van der Waals surface area contributed by atoms with E-state index in [1.54, 1.807) is 30.3 Å². The smallest absolute Gasteiger partial charge is 0.243 e. The number of amides is 1. The molecule has 25 heavy (non-hydrogen) atoms. The second-order valence-electron chi connectivity index (χ2n) is 6.60. The van der Waals surface area contributed by atoms with Crippen LogP contribution in [-0.4, -0.2) is 57.7 Å². The topological polar surface area (TPSA) is 101 Å². The molecule has 2 heterocycles. The molecule has 0 spiro atoms. The van der Waals surface area contributed by atoms with E-state index in [1.807, 2.05) is 0 Å². The van der Waals surface area contributed by atoms with Gasteiger partial charge in [0, 0.05) is 25.0 Å². The molecule has 1 aromatic rings. The van der Waals surface area contributed by atoms with Gasteiger partial charge in [-0.05, 0) is 31.4 Å². The van der Waals surface area contributed by atoms with E-state index in [9.17, 15) is 21.6 Å². The van der Waals surface area contributed by atoms with Crippen molar-refractivity contribution < 1.29 is 21.6 Å². The normalized spacial score (nSPS) is 24.9. The summed E-state index contributed by atoms with van der Waals surface area (Å²) >= 11 is 0. The predicted octanol–water partition coefficient (Wildman–Crippen LogP) is 0.391. The molecule has 1 amide bonds. The maximum absolute atomic E-state index is 12.6. The molecular weight excluding hydrogens is 364 g/mol. The molecule has 2 fully saturated rings. The van der Waals surface area contributed by atoms with Gasteiger partial charge in [0.15, 0.2) is 9.84 Å². The van der Waals surface area contributed by atoms with Gasteiger partial charge in [0.25, 0.3) is 0 Å². The molecule has 0 saturated carbocycles. The van der Waals surface area contributed by atoms with E-state index in [2.05, 4.69) is 5.32 Å². The summed E-state index contributed by atoms with van der Waals surface area (Å²) in [6.45, 7) is 0.580. The Hall–Kier alpha value is -1.45. The third-order valence-electron chi connectivity index (χ3n) is 4.78. The minimum Gasteiger partial charge on any atom is -0.352 e. The molecule has 1 N–H and O–H groups in total. The van der Waals surface area contributed by atoms with Crippen molar-refractivity contribution in [2.24, 2.45) is 5.92 Å². The number of nitrogens with zero attached hydrogens (tertiary/aromatic N) is 1. The Balaban J connectivity index is 1.56. The van der Waals surface area contributed by atoms with Crippen LogP contribution in [0.4, 0.5) is 0 Å². The Kier molecular flexibility index (Phi) is 5.17. The first-order valence-electron chi connectivity index (χ1n) is 8.34. The first-order valence-corrected chi connectivity index (χ1v) is 11.6. The van der Waals surface area contributed by atoms with E-state index < -0.39 is 19.9 Å². The quantitative estimate of drug-likeness (QED) is 0.807. The second-order valence-corrected chi connectivity index (χ2v) is 10.8. The van der Waals surface area contributed by atoms with Crippen LogP contribution in [0.3, 0.4) is 0 Å². The van der Waals surface area contributed by atoms with E-state index in [1.165, 1.54) is 4.31 Å². The van der Waals surface area contributed by atoms with Crippen molar-refractivity contribution >= 4 is 25.8 Å². The van der Waals surface area contributed by atoms with Crippen LogP contribution in [0.2, 0.25) is 0 Å². The largest absolute Gasteiger partial charge is 0.352 e. The highest BCUT2D eigenvalue weighted by Crippen LogP contribution is 2.24. The molecule has 2 saturated heterocycles. The summed E-state index contributed by atoms with van der Waals surface area (Å²) in [6, 6.07) is 7.94. The maximum Gasteiger partial charge on any atom is 0.243 e. The zero-order valence-electron chi connectivity index (χ0n) is 13.8. The minimum atomic E-state index is -3.53. The van der Waals surface area contributed by atoms with E-state index in [4.69, 9.17) is 0 Å². The number of benzene rings is 1. The Bertz CT molecular complexity index is 829. The molecule has 1 aromatic carbocycles. The third kappa shape index (κ3) is 4.21. The van der Waals surface area contributed by atoms with Crippen molar-refractivity contribution in [1.29, 1.82) is 0 Å². The highest BCUT2D eigenvalue weighted by atomic mass is 32.2. The number of sulfonamides is 1. The van der Waals surface area contributed by atoms with Crippen LogP contribution >= 0.6 is 0 Å². The molecule has 138 valence electrons. The molecule has 0 bridgehead atoms. The Morgan fingerprint density at radius 3 is 2.28 bits per heavy atom. The standard InChI is InChI=1S/C16H22N2O5S2/c19-16(17-14-8-11-24(20,21)12-14)13-6-9-18(10-7-13)25(22,23)15-4-2-1-3-5-15/h1-5,13-14H,6-12H2,(H,17,19)/t14-/m1/s1. The summed E-state index contributed by atoms with van der Waals surface area (Å²) in [7, 11) is -6.56. The molecule has 0 unspecified atom stereocenters. The highest BCUT2D eigenvalue weighted by molar-refractivity contribution is 7.91. The van der Waals surface area contributed by atoms with Gasteiger partial charge in [0.2, 0.25) is 15.9 Å². The molecule has 9 heteroatoms. The lowest BCUT2D eigenvalue weighted by atomic mass is 9.97. The fraction of sp³-hybridized carbons (Fsp3) is 0.562. The van der Waals surface area contributed by atoms with Crippen LogP contribution < -0.4 is 5.32 Å². The predicted molar refractivity (Wildman–Crippen MR) is 93.1 cm³/mol. The number of hydrogen-bond donors (Lipinski definition) is 1. The second kappa shape index (κ2) is 7.05. The van der Waals surface area contributed by atoms with Gasteiger partial charge in [-0.3, -0.25) is 4.79 Å². The summed E-state index contributed by atoms with van der Waals surface area (Å²) < 4.78 is 49.5. The summed E-state index contributed by atoms with van der Waals surface area (Å²) in [5.41, 5.74) is 0. The van der Waals surface area contributed by atoms with Gasteiger partial charge < -0.3 is 5.32 Å². The fourth-order valence-corrected chi connectivity index (χ4v) is 6.49. The first kappa shape index (κ1) is 18.3. The van der Waals surface area contributed by atoms with Gasteiger partial charge >= 0.3 is 0 Å². The average molecular weight is 386 g/mol. The zero-order chi connectivity index (χ0) is 18.1. The zero-order valence-corrected chi connectivity index (χ0v) is 15.4. The van der Waals surface area contributed by atoms with Gasteiger partial charge in [-0.2, -0.15) is 4.31 Å². The summed E-state index contributed by atoms with van der Waals surface area (Å²) in [5.74, 6) is -0.324. The third-order valence-corrected chi connectivity index (χ3v) is 8.47. The number of carbonyl (C=O) groups excluding carboxylic acids is 1. The van der Waals surface area contributed by atoms with Crippen molar-refractivity contribution in [3.63, 3.8) is 0 Å². The lowest BCUT2D eigenvalue weighted by Gasteiger charge is -2.31. The van der Waals surface area contributed by atoms with Crippen LogP contribution in [-0.2, 0) is 24.7 Å². The fourth-order valence-electron chi connectivity index (χ4n) is 3.33. The lowest BCUT2D eigenvalue weighted by molar-refractivity contribution is -0.126. The van der Waals surface area contributed by atoms with Gasteiger partial charge in [-0.15, -0.1) is 0 Å². The number of carbonyl (C=O) groups is 1. The van der Waals surface area contributed by atoms with Crippen molar-refractivity contribution in [2.75, 3.05) is 24.6 Å². The van der Waals surface area contributed by atoms with E-state index in [-0.39, 0.29) is 47.4 Å². The molecule has 1 atom stereocenters. The molecule has 0 aliphatic carbocycles. The Labute approximate surface area is 148 Å². The van der Waals surface area contributed by atoms with E-state index in [0.29, 0.717) is 19.3 Å². The molecule has 3 rings (SSSR count). The minimum absolute atomic E-state index is 0.0000283. The highest BCUT2D eigenvalue weighted by Gasteiger charge is 2.34. The number of piperidine rings is 1. The molecule has 2 aliphatic rings. The molecule has 0 aromatic heterocycles. The lowest BCUT2D eigenvalue weighted by Crippen LogP contribution is -2.45. The van der Waals surface area contributed by atoms with Crippen molar-refractivity contribution in [1.82, 2.24) is 9.62 Å². The first-order chi connectivity index (χ1) is 11.8. The molecular formula is C16H22N2O5S2. The van der Waals surface area contributed by atoms with Gasteiger partial charge in [0.05, 0.1) is 16.4 Å². The van der Waals surface area contributed by atoms with Gasteiger partial charge in [0.1, 0.15) is 0 Å². The van der Waals surface area contributed by atoms with Crippen LogP contribution in [0.5, 0.6) is 0 Å². The van der Waals surface area contributed by atoms with Gasteiger partial charge in [-0.1, -0.05) is 18.2 Å². The Morgan fingerprint density at radius 2 is 1.72 bits per heavy atom. The number of rotatable bonds is 4. The summed E-state index contributed by atoms with van der Waals surface area (Å²) in [6.07, 6.45) is 1.34. The SMILES string of the molecule is O=C(N[C@@H]1CCS(=O)(=O)C1)C1CCN(S(=O)(=O)c2ccccc2)CC1. The monoisotopic (exact) mass is 386 g/mol. The van der Waals surface area contributed by atoms with E-state index in [0.717, 1.165) is 0 Å². The van der Waals surface area contributed by atoms with Crippen molar-refractivity contribution in [3.05, 3.63) is 30.3 Å².